The minimum Gasteiger partial charge on any atom is -0.411 e. The van der Waals surface area contributed by atoms with E-state index >= 15 is 0 Å². The van der Waals surface area contributed by atoms with Gasteiger partial charge in [-0.3, -0.25) is 9.59 Å². The Morgan fingerprint density at radius 2 is 1.74 bits per heavy atom. The largest absolute Gasteiger partial charge is 0.411 e. The topological polar surface area (TPSA) is 90.8 Å². The van der Waals surface area contributed by atoms with E-state index in [4.69, 9.17) is 0 Å². The monoisotopic (exact) mass is 569 g/mol. The summed E-state index contributed by atoms with van der Waals surface area (Å²) in [6.07, 6.45) is 3.22. The van der Waals surface area contributed by atoms with Crippen LogP contribution in [0.4, 0.5) is 10.1 Å². The van der Waals surface area contributed by atoms with Crippen LogP contribution in [0.3, 0.4) is 0 Å². The van der Waals surface area contributed by atoms with E-state index in [1.54, 1.807) is 0 Å². The van der Waals surface area contributed by atoms with Crippen molar-refractivity contribution in [2.75, 3.05) is 5.32 Å². The molecule has 3 aromatic rings. The van der Waals surface area contributed by atoms with Crippen LogP contribution in [-0.4, -0.2) is 28.8 Å². The zero-order valence-corrected chi connectivity index (χ0v) is 24.8. The molecule has 0 bridgehead atoms. The van der Waals surface area contributed by atoms with Crippen molar-refractivity contribution in [3.05, 3.63) is 101 Å². The maximum Gasteiger partial charge on any atom is 0.247 e. The first kappa shape index (κ1) is 29.5. The van der Waals surface area contributed by atoms with Crippen molar-refractivity contribution in [1.29, 1.82) is 0 Å². The lowest BCUT2D eigenvalue weighted by Gasteiger charge is -2.54. The Morgan fingerprint density at radius 1 is 1.02 bits per heavy atom. The molecular weight excluding hydrogens is 529 g/mol. The summed E-state index contributed by atoms with van der Waals surface area (Å²) in [7, 11) is 0. The lowest BCUT2D eigenvalue weighted by molar-refractivity contribution is -0.140. The molecule has 2 amide bonds. The standard InChI is InChI=1S/C35H40FN3O3/c1-22(2)24-11-16-28-27(20-24)29(39-42)21-31-34(28,3)17-8-18-35(31,4)33(41)38-30(19-23-9-6-5-7-10-23)32(40)37-26-14-12-25(36)13-15-26/h5-7,9-16,20,22,30-31,42H,8,17-19,21H2,1-4H3,(H,37,40)(H,38,41)/b39-29-/t30-,31+,34+,35+/m0/s1. The molecule has 5 rings (SSSR count). The number of anilines is 1. The highest BCUT2D eigenvalue weighted by Gasteiger charge is 2.56. The summed E-state index contributed by atoms with van der Waals surface area (Å²) in [6, 6.07) is 20.7. The average molecular weight is 570 g/mol. The van der Waals surface area contributed by atoms with Crippen LogP contribution >= 0.6 is 0 Å². The Balaban J connectivity index is 1.46. The van der Waals surface area contributed by atoms with Crippen molar-refractivity contribution in [1.82, 2.24) is 5.32 Å². The molecule has 3 N–H and O–H groups in total. The Bertz CT molecular complexity index is 1490. The molecule has 6 nitrogen and oxygen atoms in total. The molecule has 220 valence electrons. The third kappa shape index (κ3) is 5.57. The Morgan fingerprint density at radius 3 is 2.40 bits per heavy atom. The van der Waals surface area contributed by atoms with E-state index in [0.717, 1.165) is 29.5 Å². The van der Waals surface area contributed by atoms with Crippen LogP contribution in [0.2, 0.25) is 0 Å². The number of benzene rings is 3. The van der Waals surface area contributed by atoms with Crippen LogP contribution in [0.15, 0.2) is 78.0 Å². The maximum atomic E-state index is 14.3. The predicted molar refractivity (Wildman–Crippen MR) is 163 cm³/mol. The molecule has 0 saturated heterocycles. The molecule has 2 aliphatic rings. The second-order valence-corrected chi connectivity index (χ2v) is 12.7. The molecular formula is C35H40FN3O3. The fourth-order valence-electron chi connectivity index (χ4n) is 7.12. The number of halogens is 1. The summed E-state index contributed by atoms with van der Waals surface area (Å²) < 4.78 is 13.5. The number of hydrogen-bond acceptors (Lipinski definition) is 4. The van der Waals surface area contributed by atoms with Crippen LogP contribution in [0.25, 0.3) is 0 Å². The summed E-state index contributed by atoms with van der Waals surface area (Å²) in [5.74, 6) is -0.733. The van der Waals surface area contributed by atoms with Gasteiger partial charge in [0, 0.05) is 17.7 Å². The van der Waals surface area contributed by atoms with E-state index in [2.05, 4.69) is 54.8 Å². The van der Waals surface area contributed by atoms with Gasteiger partial charge in [-0.1, -0.05) is 81.7 Å². The van der Waals surface area contributed by atoms with Gasteiger partial charge in [-0.2, -0.15) is 0 Å². The van der Waals surface area contributed by atoms with Gasteiger partial charge in [0.2, 0.25) is 11.8 Å². The number of oxime groups is 1. The van der Waals surface area contributed by atoms with Gasteiger partial charge in [0.15, 0.2) is 0 Å². The minimum absolute atomic E-state index is 0.125. The molecule has 0 heterocycles. The molecule has 0 radical (unpaired) electrons. The number of hydrogen-bond donors (Lipinski definition) is 3. The summed E-state index contributed by atoms with van der Waals surface area (Å²) in [6.45, 7) is 8.51. The first-order valence-electron chi connectivity index (χ1n) is 14.8. The van der Waals surface area contributed by atoms with Gasteiger partial charge in [-0.05, 0) is 83.5 Å². The van der Waals surface area contributed by atoms with Crippen LogP contribution in [0, 0.1) is 17.2 Å². The van der Waals surface area contributed by atoms with Gasteiger partial charge in [0.25, 0.3) is 0 Å². The smallest absolute Gasteiger partial charge is 0.247 e. The molecule has 7 heteroatoms. The van der Waals surface area contributed by atoms with Crippen LogP contribution in [-0.2, 0) is 21.4 Å². The number of carbonyl (C=O) groups is 2. The maximum absolute atomic E-state index is 14.3. The van der Waals surface area contributed by atoms with Gasteiger partial charge >= 0.3 is 0 Å². The first-order chi connectivity index (χ1) is 20.0. The SMILES string of the molecule is CC(C)c1ccc2c(c1)/C(=N\O)C[C@H]1[C@](C)(C(=O)N[C@@H](Cc3ccccc3)C(=O)Nc3ccc(F)cc3)CCC[C@]21C. The second kappa shape index (κ2) is 11.7. The lowest BCUT2D eigenvalue weighted by atomic mass is 9.49. The molecule has 0 unspecified atom stereocenters. The molecule has 1 fully saturated rings. The Labute approximate surface area is 247 Å². The molecule has 1 saturated carbocycles. The van der Waals surface area contributed by atoms with Crippen LogP contribution < -0.4 is 10.6 Å². The van der Waals surface area contributed by atoms with E-state index in [-0.39, 0.29) is 23.1 Å². The number of amides is 2. The van der Waals surface area contributed by atoms with E-state index < -0.39 is 17.3 Å². The summed E-state index contributed by atoms with van der Waals surface area (Å²) >= 11 is 0. The molecule has 42 heavy (non-hydrogen) atoms. The fraction of sp³-hybridized carbons (Fsp3) is 0.400. The van der Waals surface area contributed by atoms with Crippen molar-refractivity contribution in [3.8, 4) is 0 Å². The van der Waals surface area contributed by atoms with Crippen LogP contribution in [0.5, 0.6) is 0 Å². The summed E-state index contributed by atoms with van der Waals surface area (Å²) in [4.78, 5) is 27.9. The zero-order valence-electron chi connectivity index (χ0n) is 24.8. The predicted octanol–water partition coefficient (Wildman–Crippen LogP) is 6.96. The number of nitrogens with one attached hydrogen (secondary N) is 2. The summed E-state index contributed by atoms with van der Waals surface area (Å²) in [5.41, 5.74) is 4.14. The van der Waals surface area contributed by atoms with Gasteiger partial charge < -0.3 is 15.8 Å². The Kier molecular flexibility index (Phi) is 8.22. The van der Waals surface area contributed by atoms with E-state index in [9.17, 15) is 19.2 Å². The second-order valence-electron chi connectivity index (χ2n) is 12.7. The van der Waals surface area contributed by atoms with E-state index in [0.29, 0.717) is 36.6 Å². The fourth-order valence-corrected chi connectivity index (χ4v) is 7.12. The van der Waals surface area contributed by atoms with Gasteiger partial charge in [0.05, 0.1) is 11.1 Å². The zero-order chi connectivity index (χ0) is 30.1. The van der Waals surface area contributed by atoms with Crippen molar-refractivity contribution in [2.45, 2.75) is 77.2 Å². The lowest BCUT2D eigenvalue weighted by Crippen LogP contribution is -2.58. The average Bonchev–Trinajstić information content (AvgIpc) is 2.98. The third-order valence-corrected chi connectivity index (χ3v) is 9.62. The molecule has 2 aliphatic carbocycles. The van der Waals surface area contributed by atoms with Crippen LogP contribution in [0.1, 0.15) is 81.5 Å². The van der Waals surface area contributed by atoms with Crippen molar-refractivity contribution >= 4 is 23.2 Å². The van der Waals surface area contributed by atoms with Crippen molar-refractivity contribution < 1.29 is 19.2 Å². The quantitative estimate of drug-likeness (QED) is 0.212. The normalized spacial score (nSPS) is 24.9. The molecule has 0 spiro atoms. The van der Waals surface area contributed by atoms with Crippen molar-refractivity contribution in [3.63, 3.8) is 0 Å². The van der Waals surface area contributed by atoms with Crippen molar-refractivity contribution in [2.24, 2.45) is 16.5 Å². The number of rotatable bonds is 7. The first-order valence-corrected chi connectivity index (χ1v) is 14.8. The number of nitrogens with zero attached hydrogens (tertiary/aromatic N) is 1. The van der Waals surface area contributed by atoms with E-state index in [1.165, 1.54) is 29.8 Å². The highest BCUT2D eigenvalue weighted by Crippen LogP contribution is 2.57. The van der Waals surface area contributed by atoms with E-state index in [1.807, 2.05) is 37.3 Å². The van der Waals surface area contributed by atoms with Gasteiger partial charge in [-0.15, -0.1) is 0 Å². The van der Waals surface area contributed by atoms with Gasteiger partial charge in [0.1, 0.15) is 11.9 Å². The molecule has 0 aromatic heterocycles. The Hall–Kier alpha value is -4.00. The highest BCUT2D eigenvalue weighted by atomic mass is 19.1. The van der Waals surface area contributed by atoms with Gasteiger partial charge in [-0.25, -0.2) is 4.39 Å². The molecule has 0 aliphatic heterocycles. The molecule has 3 aromatic carbocycles. The highest BCUT2D eigenvalue weighted by molar-refractivity contribution is 6.04. The number of fused-ring (bicyclic) bond motifs is 3. The molecule has 4 atom stereocenters. The minimum atomic E-state index is -0.842. The summed E-state index contributed by atoms with van der Waals surface area (Å²) in [5, 5.41) is 19.8. The number of carbonyl (C=O) groups excluding carboxylic acids is 2. The third-order valence-electron chi connectivity index (χ3n) is 9.62.